The number of nitrogens with zero attached hydrogens (tertiary/aromatic N) is 4. The van der Waals surface area contributed by atoms with Crippen LogP contribution in [0.15, 0.2) is 36.5 Å². The minimum Gasteiger partial charge on any atom is -0.493 e. The van der Waals surface area contributed by atoms with Gasteiger partial charge >= 0.3 is 0 Å². The molecule has 2 fully saturated rings. The number of hydrogen-bond acceptors (Lipinski definition) is 4. The molecular formula is C24H32N4O3. The Hall–Kier alpha value is -2.83. The third-order valence-corrected chi connectivity index (χ3v) is 6.82. The largest absolute Gasteiger partial charge is 0.493 e. The lowest BCUT2D eigenvalue weighted by molar-refractivity contribution is -0.130. The van der Waals surface area contributed by atoms with E-state index < -0.39 is 0 Å². The zero-order valence-electron chi connectivity index (χ0n) is 18.7. The number of amides is 2. The summed E-state index contributed by atoms with van der Waals surface area (Å²) >= 11 is 0. The number of carbonyl (C=O) groups excluding carboxylic acids is 2. The molecule has 7 heteroatoms. The maximum Gasteiger partial charge on any atom is 0.257 e. The second kappa shape index (κ2) is 9.12. The Labute approximate surface area is 184 Å². The molecular weight excluding hydrogens is 392 g/mol. The van der Waals surface area contributed by atoms with Crippen LogP contribution < -0.4 is 4.74 Å². The van der Waals surface area contributed by atoms with Gasteiger partial charge in [0.05, 0.1) is 17.9 Å². The highest BCUT2D eigenvalue weighted by atomic mass is 16.5. The summed E-state index contributed by atoms with van der Waals surface area (Å²) < 4.78 is 7.81. The maximum absolute atomic E-state index is 13.2. The van der Waals surface area contributed by atoms with Crippen molar-refractivity contribution in [2.45, 2.75) is 26.7 Å². The molecule has 1 aromatic heterocycles. The van der Waals surface area contributed by atoms with Crippen molar-refractivity contribution in [2.24, 2.45) is 24.8 Å². The van der Waals surface area contributed by atoms with Crippen molar-refractivity contribution in [2.75, 3.05) is 32.8 Å². The molecule has 0 radical (unpaired) electrons. The fourth-order valence-electron chi connectivity index (χ4n) is 5.12. The summed E-state index contributed by atoms with van der Waals surface area (Å²) in [6.45, 7) is 7.16. The van der Waals surface area contributed by atoms with Crippen molar-refractivity contribution in [1.29, 1.82) is 0 Å². The molecule has 0 aliphatic carbocycles. The van der Waals surface area contributed by atoms with Crippen LogP contribution in [-0.2, 0) is 11.8 Å². The number of hydrogen-bond donors (Lipinski definition) is 0. The van der Waals surface area contributed by atoms with Crippen LogP contribution in [-0.4, -0.2) is 64.2 Å². The van der Waals surface area contributed by atoms with E-state index in [1.54, 1.807) is 11.6 Å². The third kappa shape index (κ3) is 4.75. The molecule has 2 amide bonds. The van der Waals surface area contributed by atoms with Gasteiger partial charge in [0.2, 0.25) is 5.91 Å². The molecule has 0 spiro atoms. The van der Waals surface area contributed by atoms with E-state index in [9.17, 15) is 9.59 Å². The molecule has 2 saturated heterocycles. The van der Waals surface area contributed by atoms with Gasteiger partial charge in [0, 0.05) is 52.3 Å². The van der Waals surface area contributed by atoms with Gasteiger partial charge in [0.25, 0.3) is 5.91 Å². The molecule has 0 bridgehead atoms. The lowest BCUT2D eigenvalue weighted by Crippen LogP contribution is -2.40. The number of ether oxygens (including phenoxy) is 1. The van der Waals surface area contributed by atoms with E-state index in [0.717, 1.165) is 43.9 Å². The number of likely N-dealkylation sites (tertiary alicyclic amines) is 2. The quantitative estimate of drug-likeness (QED) is 0.740. The van der Waals surface area contributed by atoms with Crippen LogP contribution in [0.5, 0.6) is 5.75 Å². The van der Waals surface area contributed by atoms with E-state index in [1.165, 1.54) is 0 Å². The predicted octanol–water partition coefficient (Wildman–Crippen LogP) is 2.75. The van der Waals surface area contributed by atoms with Crippen LogP contribution in [0.2, 0.25) is 0 Å². The number of para-hydroxylation sites is 1. The molecule has 2 aliphatic rings. The van der Waals surface area contributed by atoms with Crippen molar-refractivity contribution < 1.29 is 14.3 Å². The van der Waals surface area contributed by atoms with E-state index in [1.807, 2.05) is 60.3 Å². The van der Waals surface area contributed by atoms with Gasteiger partial charge in [-0.3, -0.25) is 14.3 Å². The van der Waals surface area contributed by atoms with Crippen LogP contribution in [0.1, 0.15) is 35.8 Å². The minimum absolute atomic E-state index is 0.0546. The zero-order valence-corrected chi connectivity index (χ0v) is 18.7. The first-order chi connectivity index (χ1) is 14.9. The highest BCUT2D eigenvalue weighted by molar-refractivity contribution is 5.95. The molecule has 31 heavy (non-hydrogen) atoms. The molecule has 0 N–H and O–H groups in total. The van der Waals surface area contributed by atoms with E-state index in [2.05, 4.69) is 5.10 Å². The molecule has 0 saturated carbocycles. The summed E-state index contributed by atoms with van der Waals surface area (Å²) in [5, 5.41) is 4.34. The molecule has 3 heterocycles. The Morgan fingerprint density at radius 2 is 1.81 bits per heavy atom. The Morgan fingerprint density at radius 1 is 1.10 bits per heavy atom. The average Bonchev–Trinajstić information content (AvgIpc) is 3.35. The second-order valence-electron chi connectivity index (χ2n) is 8.90. The zero-order chi connectivity index (χ0) is 22.0. The fourth-order valence-corrected chi connectivity index (χ4v) is 5.12. The standard InChI is InChI=1S/C24H32N4O3/c1-17-22(14-26(3)25-17)24(30)28-13-20(16-31-21-7-5-4-6-8-21)23(15-28)19-9-11-27(12-10-19)18(2)29/h4-8,14,19-20,23H,9-13,15-16H2,1-3H3/t20-,23-/m0/s1. The Balaban J connectivity index is 1.48. The lowest BCUT2D eigenvalue weighted by Gasteiger charge is -2.36. The Bertz CT molecular complexity index is 918. The summed E-state index contributed by atoms with van der Waals surface area (Å²) in [4.78, 5) is 28.9. The molecule has 2 aliphatic heterocycles. The van der Waals surface area contributed by atoms with Crippen molar-refractivity contribution in [3.8, 4) is 5.75 Å². The molecule has 4 rings (SSSR count). The summed E-state index contributed by atoms with van der Waals surface area (Å²) in [5.74, 6) is 2.21. The average molecular weight is 425 g/mol. The predicted molar refractivity (Wildman–Crippen MR) is 118 cm³/mol. The van der Waals surface area contributed by atoms with Gasteiger partial charge in [0.1, 0.15) is 5.75 Å². The smallest absolute Gasteiger partial charge is 0.257 e. The number of aryl methyl sites for hydroxylation is 2. The monoisotopic (exact) mass is 424 g/mol. The summed E-state index contributed by atoms with van der Waals surface area (Å²) in [7, 11) is 1.84. The SMILES string of the molecule is CC(=O)N1CCC([C@@H]2CN(C(=O)c3cn(C)nc3C)C[C@H]2COc2ccccc2)CC1. The van der Waals surface area contributed by atoms with E-state index >= 15 is 0 Å². The Kier molecular flexibility index (Phi) is 6.30. The van der Waals surface area contributed by atoms with Crippen LogP contribution in [0, 0.1) is 24.7 Å². The molecule has 7 nitrogen and oxygen atoms in total. The third-order valence-electron chi connectivity index (χ3n) is 6.82. The first-order valence-electron chi connectivity index (χ1n) is 11.1. The van der Waals surface area contributed by atoms with E-state index in [0.29, 0.717) is 30.6 Å². The summed E-state index contributed by atoms with van der Waals surface area (Å²) in [5.41, 5.74) is 1.44. The number of rotatable bonds is 5. The van der Waals surface area contributed by atoms with Crippen molar-refractivity contribution in [3.63, 3.8) is 0 Å². The number of aromatic nitrogens is 2. The maximum atomic E-state index is 13.2. The van der Waals surface area contributed by atoms with Crippen LogP contribution in [0.3, 0.4) is 0 Å². The van der Waals surface area contributed by atoms with Gasteiger partial charge in [-0.15, -0.1) is 0 Å². The molecule has 1 aromatic carbocycles. The van der Waals surface area contributed by atoms with Gasteiger partial charge in [-0.1, -0.05) is 18.2 Å². The van der Waals surface area contributed by atoms with Gasteiger partial charge in [-0.05, 0) is 43.7 Å². The van der Waals surface area contributed by atoms with Gasteiger partial charge in [0.15, 0.2) is 0 Å². The number of carbonyl (C=O) groups is 2. The molecule has 2 atom stereocenters. The highest BCUT2D eigenvalue weighted by Crippen LogP contribution is 2.37. The van der Waals surface area contributed by atoms with Crippen molar-refractivity contribution >= 4 is 11.8 Å². The van der Waals surface area contributed by atoms with Gasteiger partial charge in [-0.2, -0.15) is 5.10 Å². The van der Waals surface area contributed by atoms with Crippen LogP contribution >= 0.6 is 0 Å². The number of piperidine rings is 1. The summed E-state index contributed by atoms with van der Waals surface area (Å²) in [6, 6.07) is 9.86. The lowest BCUT2D eigenvalue weighted by atomic mass is 9.78. The topological polar surface area (TPSA) is 67.7 Å². The molecule has 0 unspecified atom stereocenters. The summed E-state index contributed by atoms with van der Waals surface area (Å²) in [6.07, 6.45) is 3.78. The first kappa shape index (κ1) is 21.4. The van der Waals surface area contributed by atoms with Gasteiger partial charge < -0.3 is 14.5 Å². The number of benzene rings is 1. The molecule has 2 aromatic rings. The van der Waals surface area contributed by atoms with Crippen LogP contribution in [0.25, 0.3) is 0 Å². The highest BCUT2D eigenvalue weighted by Gasteiger charge is 2.41. The van der Waals surface area contributed by atoms with Gasteiger partial charge in [-0.25, -0.2) is 0 Å². The fraction of sp³-hybridized carbons (Fsp3) is 0.542. The van der Waals surface area contributed by atoms with Crippen LogP contribution in [0.4, 0.5) is 0 Å². The normalized spacial score (nSPS) is 22.0. The second-order valence-corrected chi connectivity index (χ2v) is 8.90. The minimum atomic E-state index is 0.0546. The Morgan fingerprint density at radius 3 is 2.42 bits per heavy atom. The first-order valence-corrected chi connectivity index (χ1v) is 11.1. The van der Waals surface area contributed by atoms with E-state index in [-0.39, 0.29) is 17.7 Å². The molecule has 166 valence electrons. The van der Waals surface area contributed by atoms with Crippen molar-refractivity contribution in [3.05, 3.63) is 47.8 Å². The van der Waals surface area contributed by atoms with Crippen molar-refractivity contribution in [1.82, 2.24) is 19.6 Å². The van der Waals surface area contributed by atoms with E-state index in [4.69, 9.17) is 4.74 Å².